The first-order valence-corrected chi connectivity index (χ1v) is 10.3. The van der Waals surface area contributed by atoms with E-state index in [-0.39, 0.29) is 0 Å². The maximum absolute atomic E-state index is 5.45. The molecule has 0 bridgehead atoms. The van der Waals surface area contributed by atoms with Gasteiger partial charge in [-0.2, -0.15) is 0 Å². The Kier molecular flexibility index (Phi) is 6.40. The summed E-state index contributed by atoms with van der Waals surface area (Å²) in [5.41, 5.74) is 2.07. The number of pyridine rings is 1. The standard InChI is InChI=1S/C22H29N5O/c1-3-8-19(9-4-1)25-22(27-12-5-2-6-13-27)23-18-20-10-7-11-21(24-20)26-14-16-28-17-15-26/h1,3-4,7-11H,2,5-6,12-18H2,(H,23,25). The molecule has 4 rings (SSSR count). The minimum Gasteiger partial charge on any atom is -0.378 e. The van der Waals surface area contributed by atoms with Crippen molar-refractivity contribution in [2.24, 2.45) is 4.99 Å². The summed E-state index contributed by atoms with van der Waals surface area (Å²) in [7, 11) is 0. The van der Waals surface area contributed by atoms with Crippen molar-refractivity contribution in [2.75, 3.05) is 49.6 Å². The fraction of sp³-hybridized carbons (Fsp3) is 0.455. The molecule has 0 amide bonds. The number of nitrogens with one attached hydrogen (secondary N) is 1. The van der Waals surface area contributed by atoms with Crippen molar-refractivity contribution in [1.29, 1.82) is 0 Å². The van der Waals surface area contributed by atoms with Gasteiger partial charge in [0, 0.05) is 31.9 Å². The van der Waals surface area contributed by atoms with Crippen LogP contribution in [0.5, 0.6) is 0 Å². The van der Waals surface area contributed by atoms with Crippen LogP contribution >= 0.6 is 0 Å². The second-order valence-electron chi connectivity index (χ2n) is 7.27. The number of rotatable bonds is 4. The van der Waals surface area contributed by atoms with Crippen LogP contribution in [0.25, 0.3) is 0 Å². The first-order valence-electron chi connectivity index (χ1n) is 10.3. The number of likely N-dealkylation sites (tertiary alicyclic amines) is 1. The summed E-state index contributed by atoms with van der Waals surface area (Å²) in [5.74, 6) is 1.97. The van der Waals surface area contributed by atoms with Gasteiger partial charge >= 0.3 is 0 Å². The molecule has 1 aromatic heterocycles. The highest BCUT2D eigenvalue weighted by molar-refractivity contribution is 5.93. The average Bonchev–Trinajstić information content (AvgIpc) is 2.79. The Morgan fingerprint density at radius 1 is 0.929 bits per heavy atom. The van der Waals surface area contributed by atoms with Crippen molar-refractivity contribution >= 4 is 17.5 Å². The zero-order valence-electron chi connectivity index (χ0n) is 16.4. The number of para-hydroxylation sites is 1. The summed E-state index contributed by atoms with van der Waals surface area (Å²) in [6.07, 6.45) is 3.75. The minimum absolute atomic E-state index is 0.573. The normalized spacial score (nSPS) is 18.2. The van der Waals surface area contributed by atoms with E-state index in [1.165, 1.54) is 19.3 Å². The maximum atomic E-state index is 5.45. The highest BCUT2D eigenvalue weighted by atomic mass is 16.5. The number of nitrogens with zero attached hydrogens (tertiary/aromatic N) is 4. The highest BCUT2D eigenvalue weighted by Crippen LogP contribution is 2.16. The third-order valence-electron chi connectivity index (χ3n) is 5.20. The second kappa shape index (κ2) is 9.55. The number of hydrogen-bond donors (Lipinski definition) is 1. The molecule has 6 nitrogen and oxygen atoms in total. The van der Waals surface area contributed by atoms with Crippen LogP contribution < -0.4 is 10.2 Å². The van der Waals surface area contributed by atoms with Gasteiger partial charge in [-0.3, -0.25) is 0 Å². The Balaban J connectivity index is 1.49. The van der Waals surface area contributed by atoms with Gasteiger partial charge in [-0.25, -0.2) is 9.98 Å². The average molecular weight is 380 g/mol. The topological polar surface area (TPSA) is 53.0 Å². The van der Waals surface area contributed by atoms with Crippen molar-refractivity contribution in [3.05, 3.63) is 54.2 Å². The Hall–Kier alpha value is -2.60. The summed E-state index contributed by atoms with van der Waals surface area (Å²) >= 11 is 0. The van der Waals surface area contributed by atoms with Gasteiger partial charge in [0.05, 0.1) is 25.5 Å². The van der Waals surface area contributed by atoms with Gasteiger partial charge < -0.3 is 19.9 Å². The molecule has 0 spiro atoms. The number of aromatic nitrogens is 1. The lowest BCUT2D eigenvalue weighted by atomic mass is 10.1. The van der Waals surface area contributed by atoms with E-state index >= 15 is 0 Å². The fourth-order valence-corrected chi connectivity index (χ4v) is 3.65. The zero-order chi connectivity index (χ0) is 19.0. The molecule has 0 atom stereocenters. The Morgan fingerprint density at radius 2 is 1.71 bits per heavy atom. The van der Waals surface area contributed by atoms with E-state index in [4.69, 9.17) is 14.7 Å². The molecule has 2 saturated heterocycles. The van der Waals surface area contributed by atoms with Gasteiger partial charge in [0.2, 0.25) is 0 Å². The van der Waals surface area contributed by atoms with Crippen molar-refractivity contribution in [3.63, 3.8) is 0 Å². The predicted octanol–water partition coefficient (Wildman–Crippen LogP) is 3.37. The molecule has 6 heteroatoms. The molecule has 2 aliphatic rings. The molecule has 0 saturated carbocycles. The number of anilines is 2. The number of hydrogen-bond acceptors (Lipinski definition) is 4. The lowest BCUT2D eigenvalue weighted by Gasteiger charge is -2.30. The predicted molar refractivity (Wildman–Crippen MR) is 114 cm³/mol. The summed E-state index contributed by atoms with van der Waals surface area (Å²) in [4.78, 5) is 14.4. The van der Waals surface area contributed by atoms with Gasteiger partial charge in [-0.15, -0.1) is 0 Å². The van der Waals surface area contributed by atoms with E-state index < -0.39 is 0 Å². The van der Waals surface area contributed by atoms with E-state index in [2.05, 4.69) is 45.4 Å². The minimum atomic E-state index is 0.573. The lowest BCUT2D eigenvalue weighted by Crippen LogP contribution is -2.40. The molecule has 0 aliphatic carbocycles. The summed E-state index contributed by atoms with van der Waals surface area (Å²) in [6, 6.07) is 16.5. The monoisotopic (exact) mass is 379 g/mol. The van der Waals surface area contributed by atoms with E-state index in [1.54, 1.807) is 0 Å². The van der Waals surface area contributed by atoms with Crippen LogP contribution in [-0.2, 0) is 11.3 Å². The first kappa shape index (κ1) is 18.7. The summed E-state index contributed by atoms with van der Waals surface area (Å²) in [6.45, 7) is 6.01. The Labute approximate surface area is 167 Å². The molecule has 2 aromatic rings. The van der Waals surface area contributed by atoms with Gasteiger partial charge in [0.1, 0.15) is 5.82 Å². The molecule has 0 radical (unpaired) electrons. The van der Waals surface area contributed by atoms with Crippen LogP contribution in [-0.4, -0.2) is 55.2 Å². The number of morpholine rings is 1. The summed E-state index contributed by atoms with van der Waals surface area (Å²) < 4.78 is 5.45. The Morgan fingerprint density at radius 3 is 2.50 bits per heavy atom. The second-order valence-corrected chi connectivity index (χ2v) is 7.27. The van der Waals surface area contributed by atoms with Gasteiger partial charge in [0.15, 0.2) is 5.96 Å². The third kappa shape index (κ3) is 5.01. The molecule has 3 heterocycles. The van der Waals surface area contributed by atoms with Crippen LogP contribution in [0.2, 0.25) is 0 Å². The van der Waals surface area contributed by atoms with E-state index in [0.29, 0.717) is 6.54 Å². The van der Waals surface area contributed by atoms with E-state index in [0.717, 1.165) is 62.6 Å². The third-order valence-corrected chi connectivity index (χ3v) is 5.20. The lowest BCUT2D eigenvalue weighted by molar-refractivity contribution is 0.122. The van der Waals surface area contributed by atoms with Crippen LogP contribution in [0.4, 0.5) is 11.5 Å². The largest absolute Gasteiger partial charge is 0.378 e. The molecule has 2 fully saturated rings. The smallest absolute Gasteiger partial charge is 0.198 e. The number of piperidine rings is 1. The molecule has 1 N–H and O–H groups in total. The van der Waals surface area contributed by atoms with Gasteiger partial charge in [-0.05, 0) is 43.5 Å². The maximum Gasteiger partial charge on any atom is 0.198 e. The van der Waals surface area contributed by atoms with Gasteiger partial charge in [-0.1, -0.05) is 24.3 Å². The quantitative estimate of drug-likeness (QED) is 0.652. The van der Waals surface area contributed by atoms with Crippen LogP contribution in [0, 0.1) is 0 Å². The fourth-order valence-electron chi connectivity index (χ4n) is 3.65. The Bertz CT molecular complexity index is 768. The van der Waals surface area contributed by atoms with Crippen LogP contribution in [0.3, 0.4) is 0 Å². The molecule has 28 heavy (non-hydrogen) atoms. The molecule has 148 valence electrons. The van der Waals surface area contributed by atoms with Crippen molar-refractivity contribution in [3.8, 4) is 0 Å². The van der Waals surface area contributed by atoms with Crippen molar-refractivity contribution < 1.29 is 4.74 Å². The molecule has 2 aliphatic heterocycles. The SMILES string of the molecule is c1ccc(NC(=NCc2cccc(N3CCOCC3)n2)N2CCCCC2)cc1. The molecular formula is C22H29N5O. The number of aliphatic imine (C=N–C) groups is 1. The molecule has 1 aromatic carbocycles. The first-order chi connectivity index (χ1) is 13.9. The van der Waals surface area contributed by atoms with E-state index in [9.17, 15) is 0 Å². The van der Waals surface area contributed by atoms with Crippen molar-refractivity contribution in [2.45, 2.75) is 25.8 Å². The van der Waals surface area contributed by atoms with Gasteiger partial charge in [0.25, 0.3) is 0 Å². The number of ether oxygens (including phenoxy) is 1. The highest BCUT2D eigenvalue weighted by Gasteiger charge is 2.16. The molecular weight excluding hydrogens is 350 g/mol. The van der Waals surface area contributed by atoms with E-state index in [1.807, 2.05) is 18.2 Å². The summed E-state index contributed by atoms with van der Waals surface area (Å²) in [5, 5.41) is 3.52. The molecule has 0 unspecified atom stereocenters. The van der Waals surface area contributed by atoms with Crippen molar-refractivity contribution in [1.82, 2.24) is 9.88 Å². The number of benzene rings is 1. The zero-order valence-corrected chi connectivity index (χ0v) is 16.4. The van der Waals surface area contributed by atoms with Crippen LogP contribution in [0.1, 0.15) is 25.0 Å². The van der Waals surface area contributed by atoms with Crippen LogP contribution in [0.15, 0.2) is 53.5 Å². The number of guanidine groups is 1.